The number of rotatable bonds is 10. The van der Waals surface area contributed by atoms with E-state index in [2.05, 4.69) is 0 Å². The molecule has 156 valence electrons. The molecule has 0 aromatic carbocycles. The Morgan fingerprint density at radius 2 is 0.607 bits per heavy atom. The Bertz CT molecular complexity index is 517. The van der Waals surface area contributed by atoms with Crippen molar-refractivity contribution in [2.45, 2.75) is 36.9 Å². The Morgan fingerprint density at radius 3 is 0.679 bits per heavy atom. The molecule has 0 aliphatic carbocycles. The van der Waals surface area contributed by atoms with Crippen LogP contribution in [0.2, 0.25) is 0 Å². The molecule has 0 unspecified atom stereocenters. The molecule has 0 radical (unpaired) electrons. The first-order valence-corrected chi connectivity index (χ1v) is 6.34. The summed E-state index contributed by atoms with van der Waals surface area (Å²) in [7, 11) is 0. The Labute approximate surface area is 215 Å². The maximum absolute atomic E-state index is 10.3. The van der Waals surface area contributed by atoms with Gasteiger partial charge in [-0.05, 0) is 0 Å². The van der Waals surface area contributed by atoms with E-state index in [-0.39, 0.29) is 75.5 Å². The molecular formula is C12H20Ca2O14. The van der Waals surface area contributed by atoms with Gasteiger partial charge in [0.25, 0.3) is 0 Å². The van der Waals surface area contributed by atoms with Crippen molar-refractivity contribution in [1.29, 1.82) is 0 Å². The van der Waals surface area contributed by atoms with Crippen LogP contribution in [-0.4, -0.2) is 163 Å². The fourth-order valence-corrected chi connectivity index (χ4v) is 1.43. The predicted octanol–water partition coefficient (Wildman–Crippen LogP) is -4.33. The van der Waals surface area contributed by atoms with E-state index in [1.54, 1.807) is 0 Å². The molecule has 0 fully saturated rings. The quantitative estimate of drug-likeness (QED) is 0.141. The average Bonchev–Trinajstić information content (AvgIpc) is 2.34. The molecule has 0 atom stereocenters. The van der Waals surface area contributed by atoms with Crippen LogP contribution in [0.25, 0.3) is 0 Å². The van der Waals surface area contributed by atoms with Gasteiger partial charge >= 0.3 is 111 Å². The van der Waals surface area contributed by atoms with Crippen LogP contribution in [0.3, 0.4) is 0 Å². The summed E-state index contributed by atoms with van der Waals surface area (Å²) in [6.07, 6.45) is -4.58. The predicted molar refractivity (Wildman–Crippen MR) is 91.3 cm³/mol. The van der Waals surface area contributed by atoms with Gasteiger partial charge in [0.1, 0.15) is 0 Å². The van der Waals surface area contributed by atoms with Crippen LogP contribution in [0.5, 0.6) is 0 Å². The zero-order chi connectivity index (χ0) is 21.3. The van der Waals surface area contributed by atoms with Crippen LogP contribution >= 0.6 is 0 Å². The Balaban J connectivity index is -0.000000192. The molecule has 0 amide bonds. The Kier molecular flexibility index (Phi) is 18.8. The van der Waals surface area contributed by atoms with Crippen LogP contribution in [0.4, 0.5) is 0 Å². The SMILES string of the molecule is O=C(O)CC(O)(CC(=O)O)C(=O)O.O=C(O)CC(O)(CC(=O)O)C(=O)O.[CaH2].[CaH2]. The molecule has 16 heteroatoms. The summed E-state index contributed by atoms with van der Waals surface area (Å²) in [5.41, 5.74) is -5.48. The van der Waals surface area contributed by atoms with Crippen LogP contribution < -0.4 is 0 Å². The topological polar surface area (TPSA) is 264 Å². The minimum absolute atomic E-state index is 0. The van der Waals surface area contributed by atoms with Gasteiger partial charge < -0.3 is 40.9 Å². The van der Waals surface area contributed by atoms with Crippen LogP contribution in [-0.2, 0) is 28.8 Å². The van der Waals surface area contributed by atoms with E-state index < -0.39 is 72.7 Å². The van der Waals surface area contributed by atoms with Gasteiger partial charge in [-0.15, -0.1) is 0 Å². The number of carboxylic acid groups (broad SMARTS) is 6. The van der Waals surface area contributed by atoms with E-state index in [9.17, 15) is 28.8 Å². The van der Waals surface area contributed by atoms with Crippen LogP contribution in [0.15, 0.2) is 0 Å². The van der Waals surface area contributed by atoms with E-state index >= 15 is 0 Å². The fraction of sp³-hybridized carbons (Fsp3) is 0.500. The summed E-state index contributed by atoms with van der Waals surface area (Å²) in [6, 6.07) is 0. The molecule has 14 nitrogen and oxygen atoms in total. The molecule has 0 saturated heterocycles. The third-order valence-electron chi connectivity index (χ3n) is 2.57. The Hall–Kier alpha value is -0.741. The van der Waals surface area contributed by atoms with Gasteiger partial charge in [0.05, 0.1) is 25.7 Å². The third kappa shape index (κ3) is 15.2. The summed E-state index contributed by atoms with van der Waals surface area (Å²) in [5.74, 6) is -10.0. The van der Waals surface area contributed by atoms with Crippen molar-refractivity contribution in [3.8, 4) is 0 Å². The van der Waals surface area contributed by atoms with Gasteiger partial charge in [-0.2, -0.15) is 0 Å². The van der Waals surface area contributed by atoms with Crippen molar-refractivity contribution in [3.63, 3.8) is 0 Å². The Morgan fingerprint density at radius 1 is 0.464 bits per heavy atom. The average molecular weight is 468 g/mol. The summed E-state index contributed by atoms with van der Waals surface area (Å²) in [4.78, 5) is 61.0. The van der Waals surface area contributed by atoms with E-state index in [0.717, 1.165) is 0 Å². The normalized spacial score (nSPS) is 10.1. The molecule has 0 saturated carbocycles. The van der Waals surface area contributed by atoms with Gasteiger partial charge in [-0.25, -0.2) is 9.59 Å². The number of carbonyl (C=O) groups is 6. The zero-order valence-corrected chi connectivity index (χ0v) is 12.9. The van der Waals surface area contributed by atoms with Crippen LogP contribution in [0.1, 0.15) is 25.7 Å². The first-order valence-electron chi connectivity index (χ1n) is 6.34. The van der Waals surface area contributed by atoms with E-state index in [1.807, 2.05) is 0 Å². The molecule has 0 rings (SSSR count). The first-order chi connectivity index (χ1) is 11.6. The van der Waals surface area contributed by atoms with Gasteiger partial charge in [0.2, 0.25) is 0 Å². The third-order valence-corrected chi connectivity index (χ3v) is 2.57. The number of aliphatic carboxylic acids is 6. The molecular weight excluding hydrogens is 448 g/mol. The van der Waals surface area contributed by atoms with Crippen molar-refractivity contribution in [2.24, 2.45) is 0 Å². The summed E-state index contributed by atoms with van der Waals surface area (Å²) in [6.45, 7) is 0. The summed E-state index contributed by atoms with van der Waals surface area (Å²) >= 11 is 0. The summed E-state index contributed by atoms with van der Waals surface area (Å²) < 4.78 is 0. The number of carboxylic acids is 6. The molecule has 8 N–H and O–H groups in total. The van der Waals surface area contributed by atoms with Crippen molar-refractivity contribution in [2.75, 3.05) is 0 Å². The maximum atomic E-state index is 10.3. The molecule has 0 aliphatic heterocycles. The molecule has 0 spiro atoms. The second-order valence-electron chi connectivity index (χ2n) is 4.96. The molecule has 0 aromatic rings. The summed E-state index contributed by atoms with van der Waals surface area (Å²) in [5, 5.41) is 67.6. The van der Waals surface area contributed by atoms with Crippen molar-refractivity contribution in [1.82, 2.24) is 0 Å². The minimum atomic E-state index is -2.74. The second-order valence-corrected chi connectivity index (χ2v) is 4.96. The van der Waals surface area contributed by atoms with E-state index in [4.69, 9.17) is 40.9 Å². The molecule has 0 aromatic heterocycles. The van der Waals surface area contributed by atoms with Crippen molar-refractivity contribution in [3.05, 3.63) is 0 Å². The van der Waals surface area contributed by atoms with Crippen molar-refractivity contribution >= 4 is 111 Å². The number of hydrogen-bond acceptors (Lipinski definition) is 8. The van der Waals surface area contributed by atoms with Gasteiger partial charge in [-0.1, -0.05) is 0 Å². The van der Waals surface area contributed by atoms with Gasteiger partial charge in [0, 0.05) is 0 Å². The zero-order valence-electron chi connectivity index (χ0n) is 12.9. The standard InChI is InChI=1S/2C6H8O7.2Ca.4H/c2*7-3(8)1-6(13,5(11)12)2-4(9)10;;;;;;/h2*13H,1-2H2,(H,7,8)(H,9,10)(H,11,12);;;;;;. The number of hydrogen-bond donors (Lipinski definition) is 8. The van der Waals surface area contributed by atoms with E-state index in [0.29, 0.717) is 0 Å². The van der Waals surface area contributed by atoms with Crippen LogP contribution in [0, 0.1) is 0 Å². The van der Waals surface area contributed by atoms with Gasteiger partial charge in [-0.3, -0.25) is 19.2 Å². The molecule has 0 bridgehead atoms. The monoisotopic (exact) mass is 468 g/mol. The van der Waals surface area contributed by atoms with E-state index in [1.165, 1.54) is 0 Å². The second kappa shape index (κ2) is 15.1. The number of aliphatic hydroxyl groups is 2. The van der Waals surface area contributed by atoms with Crippen molar-refractivity contribution < 1.29 is 69.6 Å². The first kappa shape index (κ1) is 34.7. The van der Waals surface area contributed by atoms with Gasteiger partial charge in [0.15, 0.2) is 11.2 Å². The molecule has 28 heavy (non-hydrogen) atoms. The molecule has 0 aliphatic rings. The fourth-order valence-electron chi connectivity index (χ4n) is 1.43. The molecule has 0 heterocycles.